The molecule has 1 aromatic carbocycles. The van der Waals surface area contributed by atoms with E-state index in [0.717, 1.165) is 62.3 Å². The van der Waals surface area contributed by atoms with E-state index >= 15 is 0 Å². The Balaban J connectivity index is 0.00000323. The quantitative estimate of drug-likeness (QED) is 0.303. The third-order valence-corrected chi connectivity index (χ3v) is 7.33. The van der Waals surface area contributed by atoms with Gasteiger partial charge in [-0.2, -0.15) is 5.10 Å². The lowest BCUT2D eigenvalue weighted by atomic mass is 10.0. The average molecular weight is 566 g/mol. The molecule has 0 spiro atoms. The van der Waals surface area contributed by atoms with E-state index < -0.39 is 5.82 Å². The first-order valence-corrected chi connectivity index (χ1v) is 13.3. The monoisotopic (exact) mass is 565 g/mol. The molecule has 0 radical (unpaired) electrons. The highest BCUT2D eigenvalue weighted by atomic mass is 35.5. The number of methoxy groups -OCH3 is 1. The summed E-state index contributed by atoms with van der Waals surface area (Å²) in [4.78, 5) is 15.9. The normalized spacial score (nSPS) is 18.8. The molecule has 2 aliphatic rings. The van der Waals surface area contributed by atoms with E-state index in [0.29, 0.717) is 23.4 Å². The lowest BCUT2D eigenvalue weighted by Crippen LogP contribution is -2.43. The zero-order valence-corrected chi connectivity index (χ0v) is 23.1. The molecule has 5 heterocycles. The molecule has 0 bridgehead atoms. The number of halogens is 2. The molecule has 6 rings (SSSR count). The van der Waals surface area contributed by atoms with Gasteiger partial charge in [0.15, 0.2) is 5.82 Å². The SMILES string of the molecule is COc1cccc(F)c1-c1nccc(Nc2cc(N3CCC[C@H](N)C3)c(-c3cnn([C@H]4CCNC4)c3)cn2)n1.Cl. The van der Waals surface area contributed by atoms with Crippen molar-refractivity contribution in [1.82, 2.24) is 30.0 Å². The number of benzene rings is 1. The second kappa shape index (κ2) is 12.2. The summed E-state index contributed by atoms with van der Waals surface area (Å²) < 4.78 is 22.0. The molecular formula is C28H33ClFN9O. The van der Waals surface area contributed by atoms with Crippen molar-refractivity contribution in [3.8, 4) is 28.3 Å². The highest BCUT2D eigenvalue weighted by Crippen LogP contribution is 2.35. The molecule has 0 aliphatic carbocycles. The van der Waals surface area contributed by atoms with E-state index in [1.807, 2.05) is 23.1 Å². The zero-order chi connectivity index (χ0) is 26.8. The molecule has 4 N–H and O–H groups in total. The molecular weight excluding hydrogens is 533 g/mol. The lowest BCUT2D eigenvalue weighted by Gasteiger charge is -2.34. The van der Waals surface area contributed by atoms with Crippen LogP contribution in [-0.2, 0) is 0 Å². The first kappa shape index (κ1) is 27.8. The van der Waals surface area contributed by atoms with Gasteiger partial charge in [-0.25, -0.2) is 19.3 Å². The summed E-state index contributed by atoms with van der Waals surface area (Å²) in [6.07, 6.45) is 10.6. The largest absolute Gasteiger partial charge is 0.496 e. The van der Waals surface area contributed by atoms with Crippen LogP contribution in [0.25, 0.3) is 22.5 Å². The minimum Gasteiger partial charge on any atom is -0.496 e. The first-order valence-electron chi connectivity index (χ1n) is 13.3. The van der Waals surface area contributed by atoms with E-state index in [1.165, 1.54) is 13.2 Å². The topological polar surface area (TPSA) is 119 Å². The Morgan fingerprint density at radius 3 is 2.85 bits per heavy atom. The second-order valence-electron chi connectivity index (χ2n) is 10.00. The van der Waals surface area contributed by atoms with Gasteiger partial charge >= 0.3 is 0 Å². The Morgan fingerprint density at radius 1 is 1.15 bits per heavy atom. The first-order chi connectivity index (χ1) is 19.1. The van der Waals surface area contributed by atoms with Gasteiger partial charge in [0.2, 0.25) is 0 Å². The van der Waals surface area contributed by atoms with Gasteiger partial charge in [-0.15, -0.1) is 12.4 Å². The number of aromatic nitrogens is 5. The molecule has 4 aromatic rings. The van der Waals surface area contributed by atoms with Crippen LogP contribution in [0.15, 0.2) is 55.1 Å². The van der Waals surface area contributed by atoms with Gasteiger partial charge in [0.25, 0.3) is 0 Å². The number of anilines is 3. The van der Waals surface area contributed by atoms with Crippen molar-refractivity contribution in [2.24, 2.45) is 5.73 Å². The van der Waals surface area contributed by atoms with E-state index in [-0.39, 0.29) is 29.8 Å². The van der Waals surface area contributed by atoms with Crippen molar-refractivity contribution >= 4 is 29.7 Å². The number of pyridine rings is 1. The predicted octanol–water partition coefficient (Wildman–Crippen LogP) is 4.18. The van der Waals surface area contributed by atoms with Crippen molar-refractivity contribution in [3.63, 3.8) is 0 Å². The van der Waals surface area contributed by atoms with Crippen LogP contribution in [0.5, 0.6) is 5.75 Å². The van der Waals surface area contributed by atoms with E-state index in [9.17, 15) is 4.39 Å². The van der Waals surface area contributed by atoms with Crippen molar-refractivity contribution in [2.75, 3.05) is 43.5 Å². The lowest BCUT2D eigenvalue weighted by molar-refractivity contribution is 0.413. The molecule has 0 unspecified atom stereocenters. The van der Waals surface area contributed by atoms with Gasteiger partial charge in [-0.1, -0.05) is 6.07 Å². The number of nitrogens with zero attached hydrogens (tertiary/aromatic N) is 6. The minimum atomic E-state index is -0.452. The summed E-state index contributed by atoms with van der Waals surface area (Å²) >= 11 is 0. The van der Waals surface area contributed by atoms with E-state index in [1.54, 1.807) is 24.4 Å². The summed E-state index contributed by atoms with van der Waals surface area (Å²) in [5.41, 5.74) is 9.63. The smallest absolute Gasteiger partial charge is 0.168 e. The van der Waals surface area contributed by atoms with Crippen molar-refractivity contribution in [2.45, 2.75) is 31.3 Å². The number of hydrogen-bond acceptors (Lipinski definition) is 9. The summed E-state index contributed by atoms with van der Waals surface area (Å²) in [5.74, 6) is 1.25. The van der Waals surface area contributed by atoms with Crippen molar-refractivity contribution in [3.05, 3.63) is 60.9 Å². The molecule has 3 aromatic heterocycles. The van der Waals surface area contributed by atoms with Gasteiger partial charge in [0.05, 0.1) is 24.9 Å². The van der Waals surface area contributed by atoms with Gasteiger partial charge in [0, 0.05) is 67.1 Å². The van der Waals surface area contributed by atoms with Crippen LogP contribution in [0.1, 0.15) is 25.3 Å². The fraction of sp³-hybridized carbons (Fsp3) is 0.357. The molecule has 2 aliphatic heterocycles. The third-order valence-electron chi connectivity index (χ3n) is 7.33. The number of piperidine rings is 1. The molecule has 12 heteroatoms. The fourth-order valence-corrected chi connectivity index (χ4v) is 5.34. The minimum absolute atomic E-state index is 0. The van der Waals surface area contributed by atoms with Crippen LogP contribution in [0, 0.1) is 5.82 Å². The molecule has 0 saturated carbocycles. The number of ether oxygens (including phenoxy) is 1. The fourth-order valence-electron chi connectivity index (χ4n) is 5.34. The summed E-state index contributed by atoms with van der Waals surface area (Å²) in [6, 6.07) is 8.86. The molecule has 40 heavy (non-hydrogen) atoms. The highest BCUT2D eigenvalue weighted by molar-refractivity contribution is 5.85. The van der Waals surface area contributed by atoms with Crippen LogP contribution in [-0.4, -0.2) is 64.1 Å². The van der Waals surface area contributed by atoms with Crippen LogP contribution in [0.4, 0.5) is 21.7 Å². The second-order valence-corrected chi connectivity index (χ2v) is 10.00. The number of hydrogen-bond donors (Lipinski definition) is 3. The predicted molar refractivity (Wildman–Crippen MR) is 156 cm³/mol. The molecule has 2 fully saturated rings. The summed E-state index contributed by atoms with van der Waals surface area (Å²) in [5, 5.41) is 11.3. The maximum Gasteiger partial charge on any atom is 0.168 e. The maximum atomic E-state index is 14.7. The molecule has 2 atom stereocenters. The Hall–Kier alpha value is -3.80. The Kier molecular flexibility index (Phi) is 8.43. The van der Waals surface area contributed by atoms with Crippen LogP contribution in [0.2, 0.25) is 0 Å². The van der Waals surface area contributed by atoms with Crippen molar-refractivity contribution < 1.29 is 9.13 Å². The highest BCUT2D eigenvalue weighted by Gasteiger charge is 2.23. The average Bonchev–Trinajstić information content (AvgIpc) is 3.66. The molecule has 0 amide bonds. The van der Waals surface area contributed by atoms with Gasteiger partial charge in [-0.3, -0.25) is 4.68 Å². The van der Waals surface area contributed by atoms with Gasteiger partial charge < -0.3 is 26.0 Å². The Labute approximate surface area is 238 Å². The number of nitrogens with one attached hydrogen (secondary N) is 2. The van der Waals surface area contributed by atoms with E-state index in [4.69, 9.17) is 15.5 Å². The maximum absolute atomic E-state index is 14.7. The summed E-state index contributed by atoms with van der Waals surface area (Å²) in [7, 11) is 1.49. The third kappa shape index (κ3) is 5.72. The van der Waals surface area contributed by atoms with Crippen LogP contribution >= 0.6 is 12.4 Å². The standard InChI is InChI=1S/C28H32FN9O.ClH/c1-39-24-6-2-5-22(29)27(24)28-32-10-8-25(36-28)35-26-12-23(37-11-3-4-19(30)17-37)21(15-33-26)18-13-34-38(16-18)20-7-9-31-14-20;/h2,5-6,8,10,12-13,15-16,19-20,31H,3-4,7,9,11,14,17,30H2,1H3,(H,32,33,35,36);1H/t19-,20-;/m0./s1. The molecule has 10 nitrogen and oxygen atoms in total. The summed E-state index contributed by atoms with van der Waals surface area (Å²) in [6.45, 7) is 3.61. The molecule has 2 saturated heterocycles. The van der Waals surface area contributed by atoms with Crippen LogP contribution in [0.3, 0.4) is 0 Å². The number of nitrogens with two attached hydrogens (primary N) is 1. The van der Waals surface area contributed by atoms with Gasteiger partial charge in [0.1, 0.15) is 23.2 Å². The van der Waals surface area contributed by atoms with Gasteiger partial charge in [-0.05, 0) is 44.0 Å². The Morgan fingerprint density at radius 2 is 2.05 bits per heavy atom. The zero-order valence-electron chi connectivity index (χ0n) is 22.3. The van der Waals surface area contributed by atoms with Crippen LogP contribution < -0.4 is 26.0 Å². The molecule has 210 valence electrons. The number of rotatable bonds is 7. The van der Waals surface area contributed by atoms with E-state index in [2.05, 4.69) is 36.8 Å². The van der Waals surface area contributed by atoms with Crippen molar-refractivity contribution in [1.29, 1.82) is 0 Å². The Bertz CT molecular complexity index is 1460.